The minimum atomic E-state index is -0.875. The number of ether oxygens (including phenoxy) is 2. The second-order valence-electron chi connectivity index (χ2n) is 9.41. The molecule has 0 saturated carbocycles. The summed E-state index contributed by atoms with van der Waals surface area (Å²) in [6.07, 6.45) is 5.35. The van der Waals surface area contributed by atoms with Gasteiger partial charge in [-0.2, -0.15) is 0 Å². The molecule has 8 heteroatoms. The lowest BCUT2D eigenvalue weighted by molar-refractivity contribution is -0.129. The van der Waals surface area contributed by atoms with Crippen molar-refractivity contribution in [1.82, 2.24) is 9.88 Å². The molecule has 2 heterocycles. The molecule has 4 aromatic rings. The number of benzene rings is 3. The van der Waals surface area contributed by atoms with Crippen molar-refractivity contribution in [3.8, 4) is 17.2 Å². The molecule has 3 N–H and O–H groups in total. The van der Waals surface area contributed by atoms with Crippen LogP contribution in [0.3, 0.4) is 0 Å². The number of H-pyrrole nitrogens is 1. The molecule has 0 bridgehead atoms. The topological polar surface area (TPSA) is 112 Å². The molecule has 0 spiro atoms. The van der Waals surface area contributed by atoms with Crippen LogP contribution in [0, 0.1) is 0 Å². The van der Waals surface area contributed by atoms with Crippen LogP contribution in [0.4, 0.5) is 0 Å². The van der Waals surface area contributed by atoms with Crippen LogP contribution < -0.4 is 9.47 Å². The lowest BCUT2D eigenvalue weighted by Gasteiger charge is -2.27. The highest BCUT2D eigenvalue weighted by Gasteiger charge is 2.43. The minimum Gasteiger partial charge on any atom is -0.504 e. The summed E-state index contributed by atoms with van der Waals surface area (Å²) in [6.45, 7) is 2.34. The van der Waals surface area contributed by atoms with Gasteiger partial charge in [0.2, 0.25) is 0 Å². The number of rotatable bonds is 10. The van der Waals surface area contributed by atoms with Crippen LogP contribution in [0.5, 0.6) is 17.2 Å². The first kappa shape index (κ1) is 26.6. The first-order valence-corrected chi connectivity index (χ1v) is 13.0. The van der Waals surface area contributed by atoms with Crippen molar-refractivity contribution in [2.24, 2.45) is 0 Å². The van der Waals surface area contributed by atoms with Gasteiger partial charge in [-0.25, -0.2) is 0 Å². The van der Waals surface area contributed by atoms with Gasteiger partial charge in [-0.05, 0) is 66.4 Å². The van der Waals surface area contributed by atoms with Crippen LogP contribution in [-0.4, -0.2) is 52.0 Å². The van der Waals surface area contributed by atoms with Crippen LogP contribution >= 0.6 is 0 Å². The van der Waals surface area contributed by atoms with Gasteiger partial charge < -0.3 is 29.6 Å². The summed E-state index contributed by atoms with van der Waals surface area (Å²) in [4.78, 5) is 31.6. The largest absolute Gasteiger partial charge is 0.504 e. The molecule has 1 atom stereocenters. The Morgan fingerprint density at radius 2 is 1.88 bits per heavy atom. The van der Waals surface area contributed by atoms with E-state index in [1.807, 2.05) is 54.7 Å². The van der Waals surface area contributed by atoms with Crippen LogP contribution in [0.2, 0.25) is 0 Å². The third kappa shape index (κ3) is 5.16. The molecule has 1 aliphatic heterocycles. The summed E-state index contributed by atoms with van der Waals surface area (Å²) >= 11 is 0. The molecule has 40 heavy (non-hydrogen) atoms. The fraction of sp³-hybridized carbons (Fsp3) is 0.188. The van der Waals surface area contributed by atoms with Gasteiger partial charge >= 0.3 is 0 Å². The normalized spacial score (nSPS) is 15.4. The van der Waals surface area contributed by atoms with Crippen molar-refractivity contribution in [3.05, 3.63) is 107 Å². The molecule has 0 radical (unpaired) electrons. The third-order valence-electron chi connectivity index (χ3n) is 6.99. The molecule has 0 fully saturated rings. The lowest BCUT2D eigenvalue weighted by Crippen LogP contribution is -2.33. The summed E-state index contributed by atoms with van der Waals surface area (Å²) in [5.41, 5.74) is 3.22. The molecule has 1 aliphatic rings. The monoisotopic (exact) mass is 538 g/mol. The summed E-state index contributed by atoms with van der Waals surface area (Å²) in [6, 6.07) is 18.8. The Morgan fingerprint density at radius 1 is 1.07 bits per heavy atom. The number of aromatic hydroxyl groups is 1. The SMILES string of the molecule is CCOc1cc(C2C(C(=O)/C=C/c3ccccc3)=C(O)C(=O)N2CCc2c[nH]c3ccc(OC)cc23)ccc1O. The maximum Gasteiger partial charge on any atom is 0.290 e. The number of aromatic amines is 1. The number of carbonyl (C=O) groups excluding carboxylic acids is 2. The molecule has 8 nitrogen and oxygen atoms in total. The van der Waals surface area contributed by atoms with Crippen molar-refractivity contribution in [2.75, 3.05) is 20.3 Å². The van der Waals surface area contributed by atoms with Gasteiger partial charge in [0, 0.05) is 23.6 Å². The Hall–Kier alpha value is -4.98. The molecule has 5 rings (SSSR count). The van der Waals surface area contributed by atoms with E-state index in [1.165, 1.54) is 17.0 Å². The van der Waals surface area contributed by atoms with Crippen LogP contribution in [0.25, 0.3) is 17.0 Å². The highest BCUT2D eigenvalue weighted by molar-refractivity contribution is 6.14. The van der Waals surface area contributed by atoms with Gasteiger partial charge in [-0.3, -0.25) is 9.59 Å². The van der Waals surface area contributed by atoms with Crippen molar-refractivity contribution < 1.29 is 29.3 Å². The Balaban J connectivity index is 1.50. The van der Waals surface area contributed by atoms with E-state index in [1.54, 1.807) is 32.2 Å². The van der Waals surface area contributed by atoms with Crippen molar-refractivity contribution in [1.29, 1.82) is 0 Å². The number of hydrogen-bond donors (Lipinski definition) is 3. The molecule has 0 aliphatic carbocycles. The summed E-state index contributed by atoms with van der Waals surface area (Å²) in [5, 5.41) is 22.2. The van der Waals surface area contributed by atoms with E-state index >= 15 is 0 Å². The zero-order chi connectivity index (χ0) is 28.2. The summed E-state index contributed by atoms with van der Waals surface area (Å²) in [7, 11) is 1.61. The second-order valence-corrected chi connectivity index (χ2v) is 9.41. The molecule has 1 unspecified atom stereocenters. The Morgan fingerprint density at radius 3 is 2.62 bits per heavy atom. The van der Waals surface area contributed by atoms with E-state index in [2.05, 4.69) is 4.98 Å². The molecule has 3 aromatic carbocycles. The number of fused-ring (bicyclic) bond motifs is 1. The molecule has 1 aromatic heterocycles. The average molecular weight is 539 g/mol. The zero-order valence-corrected chi connectivity index (χ0v) is 22.3. The third-order valence-corrected chi connectivity index (χ3v) is 6.99. The predicted molar refractivity (Wildman–Crippen MR) is 152 cm³/mol. The van der Waals surface area contributed by atoms with Gasteiger partial charge in [-0.1, -0.05) is 42.5 Å². The molecule has 204 valence electrons. The number of allylic oxidation sites excluding steroid dienone is 1. The number of aliphatic hydroxyl groups is 1. The fourth-order valence-electron chi connectivity index (χ4n) is 5.01. The number of aromatic nitrogens is 1. The number of nitrogens with zero attached hydrogens (tertiary/aromatic N) is 1. The number of aliphatic hydroxyl groups excluding tert-OH is 1. The van der Waals surface area contributed by atoms with Crippen LogP contribution in [0.1, 0.15) is 29.7 Å². The maximum absolute atomic E-state index is 13.5. The smallest absolute Gasteiger partial charge is 0.290 e. The van der Waals surface area contributed by atoms with Crippen LogP contribution in [-0.2, 0) is 16.0 Å². The number of carbonyl (C=O) groups is 2. The van der Waals surface area contributed by atoms with E-state index in [4.69, 9.17) is 9.47 Å². The lowest BCUT2D eigenvalue weighted by atomic mass is 9.95. The van der Waals surface area contributed by atoms with E-state index in [9.17, 15) is 19.8 Å². The van der Waals surface area contributed by atoms with Crippen LogP contribution in [0.15, 0.2) is 90.3 Å². The molecule has 1 amide bonds. The Labute approximate surface area is 231 Å². The molecular formula is C32H30N2O6. The number of ketones is 1. The Kier molecular flexibility index (Phi) is 7.59. The number of amides is 1. The summed E-state index contributed by atoms with van der Waals surface area (Å²) < 4.78 is 10.9. The number of hydrogen-bond acceptors (Lipinski definition) is 6. The van der Waals surface area contributed by atoms with Crippen molar-refractivity contribution in [3.63, 3.8) is 0 Å². The standard InChI is InChI=1S/C32H30N2O6/c1-3-40-28-17-21(10-14-26(28)35)30-29(27(36)13-9-20-7-5-4-6-8-20)31(37)32(38)34(30)16-15-22-19-33-25-12-11-23(39-2)18-24(22)25/h4-14,17-19,30,33,35,37H,3,15-16H2,1-2H3/b13-9+. The first-order chi connectivity index (χ1) is 19.4. The van der Waals surface area contributed by atoms with Crippen molar-refractivity contribution >= 4 is 28.7 Å². The summed E-state index contributed by atoms with van der Waals surface area (Å²) in [5.74, 6) is -0.809. The average Bonchev–Trinajstić information content (AvgIpc) is 3.49. The number of phenolic OH excluding ortho intramolecular Hbond substituents is 1. The highest BCUT2D eigenvalue weighted by atomic mass is 16.5. The number of phenols is 1. The molecule has 0 saturated heterocycles. The van der Waals surface area contributed by atoms with Gasteiger partial charge in [0.25, 0.3) is 5.91 Å². The fourth-order valence-corrected chi connectivity index (χ4v) is 5.01. The number of nitrogens with one attached hydrogen (secondary N) is 1. The van der Waals surface area contributed by atoms with Gasteiger partial charge in [0.05, 0.1) is 25.3 Å². The first-order valence-electron chi connectivity index (χ1n) is 13.0. The minimum absolute atomic E-state index is 0.0223. The predicted octanol–water partition coefficient (Wildman–Crippen LogP) is 5.50. The van der Waals surface area contributed by atoms with Gasteiger partial charge in [0.1, 0.15) is 5.75 Å². The van der Waals surface area contributed by atoms with Crippen molar-refractivity contribution in [2.45, 2.75) is 19.4 Å². The zero-order valence-electron chi connectivity index (χ0n) is 22.3. The maximum atomic E-state index is 13.5. The molecular weight excluding hydrogens is 508 g/mol. The quantitative estimate of drug-likeness (QED) is 0.230. The highest BCUT2D eigenvalue weighted by Crippen LogP contribution is 2.41. The van der Waals surface area contributed by atoms with Gasteiger partial charge in [-0.15, -0.1) is 0 Å². The van der Waals surface area contributed by atoms with E-state index < -0.39 is 23.5 Å². The Bertz CT molecular complexity index is 1620. The van der Waals surface area contributed by atoms with Gasteiger partial charge in [0.15, 0.2) is 23.0 Å². The number of methoxy groups -OCH3 is 1. The van der Waals surface area contributed by atoms with E-state index in [0.717, 1.165) is 22.0 Å². The second kappa shape index (κ2) is 11.4. The van der Waals surface area contributed by atoms with E-state index in [-0.39, 0.29) is 23.6 Å². The van der Waals surface area contributed by atoms with E-state index in [0.29, 0.717) is 24.3 Å².